The molecule has 1 amide bonds. The summed E-state index contributed by atoms with van der Waals surface area (Å²) in [5.74, 6) is 0.646. The fourth-order valence-corrected chi connectivity index (χ4v) is 2.05. The van der Waals surface area contributed by atoms with Crippen LogP contribution in [0.4, 0.5) is 5.82 Å². The van der Waals surface area contributed by atoms with Gasteiger partial charge in [-0.1, -0.05) is 0 Å². The van der Waals surface area contributed by atoms with E-state index in [0.29, 0.717) is 18.0 Å². The third-order valence-electron chi connectivity index (χ3n) is 2.97. The van der Waals surface area contributed by atoms with Crippen LogP contribution in [-0.4, -0.2) is 37.2 Å². The van der Waals surface area contributed by atoms with Crippen LogP contribution in [0.1, 0.15) is 28.9 Å². The van der Waals surface area contributed by atoms with Crippen molar-refractivity contribution in [1.29, 1.82) is 0 Å². The predicted octanol–water partition coefficient (Wildman–Crippen LogP) is 1.34. The van der Waals surface area contributed by atoms with Crippen LogP contribution in [0.3, 0.4) is 0 Å². The maximum atomic E-state index is 12.1. The Bertz CT molecular complexity index is 428. The molecule has 0 saturated carbocycles. The zero-order valence-electron chi connectivity index (χ0n) is 10.8. The number of nitrogens with zero attached hydrogens (tertiary/aromatic N) is 1. The Morgan fingerprint density at radius 1 is 1.50 bits per heavy atom. The van der Waals surface area contributed by atoms with Crippen molar-refractivity contribution in [3.63, 3.8) is 0 Å². The number of carbonyl (C=O) groups excluding carboxylic acids is 1. The van der Waals surface area contributed by atoms with Gasteiger partial charge in [0.1, 0.15) is 5.82 Å². The summed E-state index contributed by atoms with van der Waals surface area (Å²) in [5, 5.41) is 5.95. The van der Waals surface area contributed by atoms with E-state index in [1.54, 1.807) is 19.2 Å². The smallest absolute Gasteiger partial charge is 0.251 e. The molecule has 1 aromatic rings. The van der Waals surface area contributed by atoms with Crippen molar-refractivity contribution in [1.82, 2.24) is 10.3 Å². The summed E-state index contributed by atoms with van der Waals surface area (Å²) in [4.78, 5) is 16.4. The molecule has 98 valence electrons. The topological polar surface area (TPSA) is 63.2 Å². The zero-order chi connectivity index (χ0) is 13.0. The van der Waals surface area contributed by atoms with E-state index in [2.05, 4.69) is 15.6 Å². The highest BCUT2D eigenvalue weighted by Crippen LogP contribution is 2.11. The number of amides is 1. The van der Waals surface area contributed by atoms with E-state index < -0.39 is 0 Å². The van der Waals surface area contributed by atoms with Crippen LogP contribution in [0.15, 0.2) is 12.1 Å². The van der Waals surface area contributed by atoms with E-state index in [1.165, 1.54) is 0 Å². The zero-order valence-corrected chi connectivity index (χ0v) is 10.8. The molecule has 5 heteroatoms. The van der Waals surface area contributed by atoms with Crippen molar-refractivity contribution in [2.24, 2.45) is 0 Å². The van der Waals surface area contributed by atoms with Gasteiger partial charge in [0.15, 0.2) is 0 Å². The lowest BCUT2D eigenvalue weighted by atomic mass is 10.1. The molecular formula is C13H19N3O2. The van der Waals surface area contributed by atoms with Crippen LogP contribution in [-0.2, 0) is 4.74 Å². The number of hydrogen-bond donors (Lipinski definition) is 2. The first-order valence-corrected chi connectivity index (χ1v) is 6.24. The van der Waals surface area contributed by atoms with Crippen LogP contribution in [0.2, 0.25) is 0 Å². The third-order valence-corrected chi connectivity index (χ3v) is 2.97. The summed E-state index contributed by atoms with van der Waals surface area (Å²) in [7, 11) is 1.79. The van der Waals surface area contributed by atoms with Gasteiger partial charge in [-0.25, -0.2) is 4.98 Å². The minimum atomic E-state index is -0.0625. The molecule has 1 aliphatic heterocycles. The highest BCUT2D eigenvalue weighted by Gasteiger charge is 2.17. The molecule has 1 atom stereocenters. The largest absolute Gasteiger partial charge is 0.379 e. The molecule has 18 heavy (non-hydrogen) atoms. The number of aromatic nitrogens is 1. The third kappa shape index (κ3) is 3.20. The monoisotopic (exact) mass is 249 g/mol. The van der Waals surface area contributed by atoms with E-state index in [0.717, 1.165) is 25.1 Å². The number of nitrogens with one attached hydrogen (secondary N) is 2. The molecule has 0 aliphatic carbocycles. The van der Waals surface area contributed by atoms with Gasteiger partial charge in [0.25, 0.3) is 5.91 Å². The molecule has 0 aromatic carbocycles. The van der Waals surface area contributed by atoms with Crippen molar-refractivity contribution in [2.75, 3.05) is 25.6 Å². The van der Waals surface area contributed by atoms with Gasteiger partial charge < -0.3 is 15.4 Å². The standard InChI is InChI=1S/C13H19N3O2/c1-9-6-10(7-12(14-2)15-9)13(17)16-11-4-3-5-18-8-11/h6-7,11H,3-5,8H2,1-2H3,(H,14,15)(H,16,17). The lowest BCUT2D eigenvalue weighted by molar-refractivity contribution is 0.0624. The van der Waals surface area contributed by atoms with Crippen molar-refractivity contribution in [3.8, 4) is 0 Å². The number of pyridine rings is 1. The van der Waals surface area contributed by atoms with Gasteiger partial charge in [0.05, 0.1) is 12.6 Å². The normalized spacial score (nSPS) is 19.3. The molecule has 2 rings (SSSR count). The quantitative estimate of drug-likeness (QED) is 0.848. The average molecular weight is 249 g/mol. The van der Waals surface area contributed by atoms with E-state index in [1.807, 2.05) is 6.92 Å². The van der Waals surface area contributed by atoms with Gasteiger partial charge >= 0.3 is 0 Å². The summed E-state index contributed by atoms with van der Waals surface area (Å²) < 4.78 is 5.35. The van der Waals surface area contributed by atoms with Crippen molar-refractivity contribution in [2.45, 2.75) is 25.8 Å². The van der Waals surface area contributed by atoms with E-state index in [-0.39, 0.29) is 11.9 Å². The van der Waals surface area contributed by atoms with Crippen LogP contribution in [0.5, 0.6) is 0 Å². The molecule has 1 saturated heterocycles. The van der Waals surface area contributed by atoms with Crippen molar-refractivity contribution in [3.05, 3.63) is 23.4 Å². The molecule has 5 nitrogen and oxygen atoms in total. The van der Waals surface area contributed by atoms with Crippen molar-refractivity contribution < 1.29 is 9.53 Å². The minimum absolute atomic E-state index is 0.0625. The summed E-state index contributed by atoms with van der Waals surface area (Å²) in [5.41, 5.74) is 1.46. The summed E-state index contributed by atoms with van der Waals surface area (Å²) in [6.45, 7) is 3.28. The van der Waals surface area contributed by atoms with Crippen LogP contribution in [0.25, 0.3) is 0 Å². The molecule has 0 bridgehead atoms. The second-order valence-corrected chi connectivity index (χ2v) is 4.52. The average Bonchev–Trinajstić information content (AvgIpc) is 2.39. The van der Waals surface area contributed by atoms with E-state index in [9.17, 15) is 4.79 Å². The first-order chi connectivity index (χ1) is 8.69. The first kappa shape index (κ1) is 12.8. The number of hydrogen-bond acceptors (Lipinski definition) is 4. The van der Waals surface area contributed by atoms with Crippen LogP contribution < -0.4 is 10.6 Å². The summed E-state index contributed by atoms with van der Waals surface area (Å²) >= 11 is 0. The molecule has 1 unspecified atom stereocenters. The second kappa shape index (κ2) is 5.82. The van der Waals surface area contributed by atoms with Gasteiger partial charge in [-0.05, 0) is 31.9 Å². The molecule has 1 fully saturated rings. The Morgan fingerprint density at radius 2 is 2.33 bits per heavy atom. The molecule has 0 spiro atoms. The molecule has 1 aliphatic rings. The van der Waals surface area contributed by atoms with E-state index in [4.69, 9.17) is 4.74 Å². The number of anilines is 1. The fraction of sp³-hybridized carbons (Fsp3) is 0.538. The SMILES string of the molecule is CNc1cc(C(=O)NC2CCCOC2)cc(C)n1. The van der Waals surface area contributed by atoms with E-state index >= 15 is 0 Å². The molecular weight excluding hydrogens is 230 g/mol. The Labute approximate surface area is 107 Å². The Hall–Kier alpha value is -1.62. The lowest BCUT2D eigenvalue weighted by Gasteiger charge is -2.23. The molecule has 1 aromatic heterocycles. The van der Waals surface area contributed by atoms with Gasteiger partial charge in [0, 0.05) is 24.9 Å². The summed E-state index contributed by atoms with van der Waals surface area (Å²) in [6.07, 6.45) is 1.98. The highest BCUT2D eigenvalue weighted by molar-refractivity contribution is 5.95. The predicted molar refractivity (Wildman–Crippen MR) is 69.8 cm³/mol. The van der Waals surface area contributed by atoms with Gasteiger partial charge in [-0.15, -0.1) is 0 Å². The first-order valence-electron chi connectivity index (χ1n) is 6.24. The summed E-state index contributed by atoms with van der Waals surface area (Å²) in [6, 6.07) is 3.67. The minimum Gasteiger partial charge on any atom is -0.379 e. The molecule has 2 heterocycles. The fourth-order valence-electron chi connectivity index (χ4n) is 2.05. The Kier molecular flexibility index (Phi) is 4.15. The van der Waals surface area contributed by atoms with Gasteiger partial charge in [-0.3, -0.25) is 4.79 Å². The van der Waals surface area contributed by atoms with Crippen molar-refractivity contribution >= 4 is 11.7 Å². The number of rotatable bonds is 3. The van der Waals surface area contributed by atoms with Crippen LogP contribution in [0, 0.1) is 6.92 Å². The maximum absolute atomic E-state index is 12.1. The Balaban J connectivity index is 2.05. The van der Waals surface area contributed by atoms with Gasteiger partial charge in [0.2, 0.25) is 0 Å². The molecule has 0 radical (unpaired) electrons. The second-order valence-electron chi connectivity index (χ2n) is 4.52. The number of aryl methyl sites for hydroxylation is 1. The Morgan fingerprint density at radius 3 is 3.00 bits per heavy atom. The number of carbonyl (C=O) groups is 1. The number of ether oxygens (including phenoxy) is 1. The lowest BCUT2D eigenvalue weighted by Crippen LogP contribution is -2.40. The van der Waals surface area contributed by atoms with Crippen LogP contribution >= 0.6 is 0 Å². The van der Waals surface area contributed by atoms with Gasteiger partial charge in [-0.2, -0.15) is 0 Å². The highest BCUT2D eigenvalue weighted by atomic mass is 16.5. The maximum Gasteiger partial charge on any atom is 0.251 e. The molecule has 2 N–H and O–H groups in total.